The lowest BCUT2D eigenvalue weighted by Gasteiger charge is -2.09. The summed E-state index contributed by atoms with van der Waals surface area (Å²) < 4.78 is 6.90. The Morgan fingerprint density at radius 1 is 1.37 bits per heavy atom. The van der Waals surface area contributed by atoms with Crippen molar-refractivity contribution in [3.05, 3.63) is 41.5 Å². The molecule has 0 radical (unpaired) electrons. The van der Waals surface area contributed by atoms with Crippen molar-refractivity contribution in [2.24, 2.45) is 0 Å². The maximum absolute atomic E-state index is 11.4. The van der Waals surface area contributed by atoms with E-state index in [0.717, 1.165) is 5.69 Å². The summed E-state index contributed by atoms with van der Waals surface area (Å²) in [5.74, 6) is 1.52. The third kappa shape index (κ3) is 2.83. The first kappa shape index (κ1) is 13.7. The molecule has 0 aliphatic carbocycles. The van der Waals surface area contributed by atoms with Crippen molar-refractivity contribution in [1.29, 1.82) is 0 Å². The summed E-state index contributed by atoms with van der Waals surface area (Å²) in [6.07, 6.45) is 0. The van der Waals surface area contributed by atoms with Gasteiger partial charge in [-0.15, -0.1) is 21.8 Å². The third-order valence-electron chi connectivity index (χ3n) is 2.70. The van der Waals surface area contributed by atoms with Crippen LogP contribution in [0, 0.1) is 0 Å². The average Bonchev–Trinajstić information content (AvgIpc) is 2.82. The summed E-state index contributed by atoms with van der Waals surface area (Å²) in [6.45, 7) is 1.86. The van der Waals surface area contributed by atoms with E-state index in [9.17, 15) is 4.79 Å². The van der Waals surface area contributed by atoms with Crippen molar-refractivity contribution < 1.29 is 9.53 Å². The van der Waals surface area contributed by atoms with E-state index in [1.165, 1.54) is 6.92 Å². The molecule has 0 N–H and O–H groups in total. The third-order valence-corrected chi connectivity index (χ3v) is 2.94. The Balaban J connectivity index is 2.53. The van der Waals surface area contributed by atoms with Crippen LogP contribution in [0.15, 0.2) is 24.3 Å². The van der Waals surface area contributed by atoms with Gasteiger partial charge < -0.3 is 4.74 Å². The van der Waals surface area contributed by atoms with Crippen LogP contribution in [0.5, 0.6) is 0 Å². The van der Waals surface area contributed by atoms with Gasteiger partial charge in [-0.05, 0) is 19.1 Å². The Bertz CT molecular complexity index is 595. The van der Waals surface area contributed by atoms with Crippen molar-refractivity contribution in [1.82, 2.24) is 14.8 Å². The van der Waals surface area contributed by atoms with Crippen LogP contribution >= 0.6 is 11.6 Å². The van der Waals surface area contributed by atoms with Crippen LogP contribution in [0.2, 0.25) is 0 Å². The first-order chi connectivity index (χ1) is 9.17. The van der Waals surface area contributed by atoms with Crippen molar-refractivity contribution >= 4 is 17.4 Å². The van der Waals surface area contributed by atoms with Gasteiger partial charge in [-0.3, -0.25) is 9.36 Å². The van der Waals surface area contributed by atoms with Crippen LogP contribution in [0.3, 0.4) is 0 Å². The first-order valence-corrected chi connectivity index (χ1v) is 6.30. The minimum absolute atomic E-state index is 0.00985. The van der Waals surface area contributed by atoms with Crippen molar-refractivity contribution in [3.8, 4) is 5.69 Å². The lowest BCUT2D eigenvalue weighted by molar-refractivity contribution is 0.101. The highest BCUT2D eigenvalue weighted by Gasteiger charge is 2.13. The average molecular weight is 280 g/mol. The molecule has 100 valence electrons. The van der Waals surface area contributed by atoms with Crippen LogP contribution < -0.4 is 0 Å². The van der Waals surface area contributed by atoms with Gasteiger partial charge in [0, 0.05) is 18.4 Å². The zero-order chi connectivity index (χ0) is 13.8. The largest absolute Gasteiger partial charge is 0.377 e. The lowest BCUT2D eigenvalue weighted by atomic mass is 10.1. The molecular weight excluding hydrogens is 266 g/mol. The number of alkyl halides is 1. The van der Waals surface area contributed by atoms with Gasteiger partial charge in [0.25, 0.3) is 0 Å². The second kappa shape index (κ2) is 5.95. The predicted molar refractivity (Wildman–Crippen MR) is 71.6 cm³/mol. The molecule has 5 nitrogen and oxygen atoms in total. The smallest absolute Gasteiger partial charge is 0.163 e. The molecule has 0 bridgehead atoms. The molecule has 19 heavy (non-hydrogen) atoms. The maximum Gasteiger partial charge on any atom is 0.163 e. The summed E-state index contributed by atoms with van der Waals surface area (Å²) in [6, 6.07) is 7.26. The first-order valence-electron chi connectivity index (χ1n) is 5.76. The summed E-state index contributed by atoms with van der Waals surface area (Å²) in [5, 5.41) is 8.07. The van der Waals surface area contributed by atoms with E-state index in [1.54, 1.807) is 19.2 Å². The van der Waals surface area contributed by atoms with Gasteiger partial charge in [-0.25, -0.2) is 0 Å². The fraction of sp³-hybridized carbons (Fsp3) is 0.308. The number of aromatic nitrogens is 3. The van der Waals surface area contributed by atoms with Crippen molar-refractivity contribution in [2.45, 2.75) is 19.4 Å². The summed E-state index contributed by atoms with van der Waals surface area (Å²) in [5.41, 5.74) is 1.44. The Hall–Kier alpha value is -1.72. The number of methoxy groups -OCH3 is 1. The SMILES string of the molecule is COCc1nnc(CCl)n1-c1cccc(C(C)=O)c1. The molecule has 1 heterocycles. The van der Waals surface area contributed by atoms with Crippen molar-refractivity contribution in [3.63, 3.8) is 0 Å². The zero-order valence-corrected chi connectivity index (χ0v) is 11.5. The second-order valence-corrected chi connectivity index (χ2v) is 4.31. The number of ether oxygens (including phenoxy) is 1. The molecule has 0 fully saturated rings. The normalized spacial score (nSPS) is 10.7. The van der Waals surface area contributed by atoms with E-state index in [-0.39, 0.29) is 11.7 Å². The Kier molecular flexibility index (Phi) is 4.29. The molecule has 0 aliphatic rings. The minimum atomic E-state index is 0.00985. The van der Waals surface area contributed by atoms with Gasteiger partial charge in [0.2, 0.25) is 0 Å². The number of halogens is 1. The number of hydrogen-bond acceptors (Lipinski definition) is 4. The molecule has 0 saturated heterocycles. The minimum Gasteiger partial charge on any atom is -0.377 e. The van der Waals surface area contributed by atoms with E-state index in [4.69, 9.17) is 16.3 Å². The molecule has 1 aromatic carbocycles. The number of carbonyl (C=O) groups is 1. The number of hydrogen-bond donors (Lipinski definition) is 0. The van der Waals surface area contributed by atoms with Gasteiger partial charge in [-0.2, -0.15) is 0 Å². The van der Waals surface area contributed by atoms with E-state index < -0.39 is 0 Å². The highest BCUT2D eigenvalue weighted by molar-refractivity contribution is 6.16. The molecule has 1 aromatic heterocycles. The van der Waals surface area contributed by atoms with E-state index in [0.29, 0.717) is 23.8 Å². The van der Waals surface area contributed by atoms with E-state index >= 15 is 0 Å². The predicted octanol–water partition coefficient (Wildman–Crippen LogP) is 2.36. The number of rotatable bonds is 5. The van der Waals surface area contributed by atoms with Crippen LogP contribution in [0.1, 0.15) is 28.9 Å². The zero-order valence-electron chi connectivity index (χ0n) is 10.8. The highest BCUT2D eigenvalue weighted by atomic mass is 35.5. The van der Waals surface area contributed by atoms with Gasteiger partial charge >= 0.3 is 0 Å². The molecule has 0 unspecified atom stereocenters. The van der Waals surface area contributed by atoms with Crippen molar-refractivity contribution in [2.75, 3.05) is 7.11 Å². The molecule has 2 aromatic rings. The molecular formula is C13H14ClN3O2. The van der Waals surface area contributed by atoms with Crippen LogP contribution in [0.4, 0.5) is 0 Å². The molecule has 0 spiro atoms. The molecule has 0 atom stereocenters. The fourth-order valence-corrected chi connectivity index (χ4v) is 2.00. The quantitative estimate of drug-likeness (QED) is 0.623. The van der Waals surface area contributed by atoms with Crippen LogP contribution in [-0.2, 0) is 17.2 Å². The topological polar surface area (TPSA) is 57.0 Å². The van der Waals surface area contributed by atoms with Gasteiger partial charge in [0.15, 0.2) is 17.4 Å². The van der Waals surface area contributed by atoms with Gasteiger partial charge in [-0.1, -0.05) is 12.1 Å². The summed E-state index contributed by atoms with van der Waals surface area (Å²) >= 11 is 5.87. The standard InChI is InChI=1S/C13H14ClN3O2/c1-9(18)10-4-3-5-11(6-10)17-12(7-14)15-16-13(17)8-19-2/h3-6H,7-8H2,1-2H3. The maximum atomic E-state index is 11.4. The van der Waals surface area contributed by atoms with E-state index in [1.807, 2.05) is 16.7 Å². The number of ketones is 1. The van der Waals surface area contributed by atoms with Gasteiger partial charge in [0.05, 0.1) is 5.88 Å². The number of Topliss-reactive ketones (excluding diaryl/α,β-unsaturated/α-hetero) is 1. The number of nitrogens with zero attached hydrogens (tertiary/aromatic N) is 3. The molecule has 2 rings (SSSR count). The number of carbonyl (C=O) groups excluding carboxylic acids is 1. The highest BCUT2D eigenvalue weighted by Crippen LogP contribution is 2.17. The number of benzene rings is 1. The van der Waals surface area contributed by atoms with Gasteiger partial charge in [0.1, 0.15) is 6.61 Å². The molecule has 6 heteroatoms. The Morgan fingerprint density at radius 3 is 2.74 bits per heavy atom. The van der Waals surface area contributed by atoms with E-state index in [2.05, 4.69) is 10.2 Å². The van der Waals surface area contributed by atoms with Crippen LogP contribution in [0.25, 0.3) is 5.69 Å². The lowest BCUT2D eigenvalue weighted by Crippen LogP contribution is -2.06. The Morgan fingerprint density at radius 2 is 2.11 bits per heavy atom. The molecule has 0 amide bonds. The second-order valence-electron chi connectivity index (χ2n) is 4.04. The molecule has 0 aliphatic heterocycles. The monoisotopic (exact) mass is 279 g/mol. The van der Waals surface area contributed by atoms with Crippen LogP contribution in [-0.4, -0.2) is 27.7 Å². The molecule has 0 saturated carbocycles. The summed E-state index contributed by atoms with van der Waals surface area (Å²) in [7, 11) is 1.59. The summed E-state index contributed by atoms with van der Waals surface area (Å²) in [4.78, 5) is 11.4. The fourth-order valence-electron chi connectivity index (χ4n) is 1.82. The Labute approximate surface area is 116 Å².